The van der Waals surface area contributed by atoms with Crippen LogP contribution in [0.4, 0.5) is 5.69 Å². The fourth-order valence-corrected chi connectivity index (χ4v) is 10.0. The molecule has 2 aromatic rings. The third-order valence-corrected chi connectivity index (χ3v) is 12.3. The Morgan fingerprint density at radius 2 is 1.62 bits per heavy atom. The Kier molecular flexibility index (Phi) is 10.4. The van der Waals surface area contributed by atoms with Gasteiger partial charge < -0.3 is 9.64 Å². The molecule has 0 N–H and O–H groups in total. The summed E-state index contributed by atoms with van der Waals surface area (Å²) in [5.41, 5.74) is 4.39. The van der Waals surface area contributed by atoms with Crippen LogP contribution in [0.2, 0.25) is 18.1 Å². The second-order valence-electron chi connectivity index (χ2n) is 9.01. The van der Waals surface area contributed by atoms with Crippen molar-refractivity contribution in [3.63, 3.8) is 0 Å². The molecule has 1 aromatic carbocycles. The van der Waals surface area contributed by atoms with Gasteiger partial charge in [-0.15, -0.1) is 0 Å². The number of aryl methyl sites for hydroxylation is 2. The van der Waals surface area contributed by atoms with Gasteiger partial charge in [-0.2, -0.15) is 0 Å². The fraction of sp³-hybridized carbons (Fsp3) is 0.556. The molecule has 0 bridgehead atoms. The van der Waals surface area contributed by atoms with Crippen molar-refractivity contribution in [2.75, 3.05) is 13.6 Å². The Bertz CT molecular complexity index is 864. The molecule has 0 radical (unpaired) electrons. The van der Waals surface area contributed by atoms with Gasteiger partial charge in [-0.05, 0) is 38.0 Å². The van der Waals surface area contributed by atoms with Crippen LogP contribution in [0.15, 0.2) is 35.3 Å². The van der Waals surface area contributed by atoms with Gasteiger partial charge in [0.2, 0.25) is 5.88 Å². The normalized spacial score (nSPS) is 11.8. The fourth-order valence-electron chi connectivity index (χ4n) is 4.57. The van der Waals surface area contributed by atoms with Crippen LogP contribution in [0.3, 0.4) is 0 Å². The van der Waals surface area contributed by atoms with Crippen molar-refractivity contribution in [3.05, 3.63) is 47.2 Å². The quantitative estimate of drug-likeness (QED) is 0.191. The molecular weight excluding hydrogens is 410 g/mol. The first-order chi connectivity index (χ1) is 15.4. The lowest BCUT2D eigenvalue weighted by molar-refractivity contribution is 0.295. The van der Waals surface area contributed by atoms with Crippen LogP contribution in [0.1, 0.15) is 63.8 Å². The molecule has 0 aliphatic heterocycles. The van der Waals surface area contributed by atoms with Gasteiger partial charge in [-0.3, -0.25) is 0 Å². The number of rotatable bonds is 13. The number of aliphatic imine (C=N–C) groups is 1. The Hall–Kier alpha value is -2.14. The standard InChI is InChI=1S/C27H43N3OSi/c1-8-16-32(17-9-2,18-10-3)26-19-25(28-21-30(7)11-4)23(6)29-27(26)31-20-24-15-13-12-14-22(24)5/h12-15,19,21H,8-11,16-18,20H2,1-7H3/b28-21+. The van der Waals surface area contributed by atoms with E-state index >= 15 is 0 Å². The molecule has 0 aliphatic carbocycles. The van der Waals surface area contributed by atoms with Gasteiger partial charge in [0.25, 0.3) is 0 Å². The van der Waals surface area contributed by atoms with Gasteiger partial charge in [0.15, 0.2) is 0 Å². The van der Waals surface area contributed by atoms with E-state index < -0.39 is 8.07 Å². The maximum Gasteiger partial charge on any atom is 0.213 e. The summed E-state index contributed by atoms with van der Waals surface area (Å²) in [6.45, 7) is 14.8. The van der Waals surface area contributed by atoms with E-state index in [0.717, 1.165) is 23.8 Å². The largest absolute Gasteiger partial charge is 0.473 e. The molecular formula is C27H43N3OSi. The van der Waals surface area contributed by atoms with E-state index in [1.54, 1.807) is 0 Å². The number of aromatic nitrogens is 1. The number of ether oxygens (including phenoxy) is 1. The lowest BCUT2D eigenvalue weighted by Crippen LogP contribution is -2.48. The molecule has 0 spiro atoms. The number of hydrogen-bond acceptors (Lipinski definition) is 3. The maximum absolute atomic E-state index is 6.49. The molecule has 0 fully saturated rings. The van der Waals surface area contributed by atoms with Gasteiger partial charge in [-0.25, -0.2) is 9.98 Å². The van der Waals surface area contributed by atoms with Gasteiger partial charge in [0.1, 0.15) is 6.61 Å². The van der Waals surface area contributed by atoms with Gasteiger partial charge in [-0.1, -0.05) is 82.4 Å². The van der Waals surface area contributed by atoms with Crippen molar-refractivity contribution in [1.29, 1.82) is 0 Å². The highest BCUT2D eigenvalue weighted by Gasteiger charge is 2.36. The highest BCUT2D eigenvalue weighted by atomic mass is 28.3. The molecule has 0 saturated carbocycles. The predicted molar refractivity (Wildman–Crippen MR) is 142 cm³/mol. The summed E-state index contributed by atoms with van der Waals surface area (Å²) in [4.78, 5) is 11.9. The number of nitrogens with zero attached hydrogens (tertiary/aromatic N) is 3. The Morgan fingerprint density at radius 3 is 2.19 bits per heavy atom. The van der Waals surface area contributed by atoms with Crippen molar-refractivity contribution in [2.45, 2.75) is 85.5 Å². The van der Waals surface area contributed by atoms with E-state index in [-0.39, 0.29) is 0 Å². The van der Waals surface area contributed by atoms with Crippen LogP contribution >= 0.6 is 0 Å². The lowest BCUT2D eigenvalue weighted by Gasteiger charge is -2.33. The maximum atomic E-state index is 6.49. The third kappa shape index (κ3) is 6.68. The zero-order chi connectivity index (χ0) is 23.6. The molecule has 4 nitrogen and oxygen atoms in total. The lowest BCUT2D eigenvalue weighted by atomic mass is 10.1. The summed E-state index contributed by atoms with van der Waals surface area (Å²) in [5, 5.41) is 1.37. The van der Waals surface area contributed by atoms with Crippen LogP contribution in [-0.4, -0.2) is 37.9 Å². The summed E-state index contributed by atoms with van der Waals surface area (Å²) in [6, 6.07) is 14.6. The molecule has 0 unspecified atom stereocenters. The predicted octanol–water partition coefficient (Wildman–Crippen LogP) is 6.77. The summed E-state index contributed by atoms with van der Waals surface area (Å²) in [7, 11) is 0.291. The van der Waals surface area contributed by atoms with Crippen molar-refractivity contribution < 1.29 is 4.74 Å². The molecule has 2 rings (SSSR count). The van der Waals surface area contributed by atoms with Crippen LogP contribution in [0.25, 0.3) is 0 Å². The second kappa shape index (κ2) is 12.8. The SMILES string of the molecule is CCC[Si](CCC)(CCC)c1cc(/N=C/N(C)CC)c(C)nc1OCc1ccccc1C. The first-order valence-corrected chi connectivity index (χ1v) is 15.0. The summed E-state index contributed by atoms with van der Waals surface area (Å²) < 4.78 is 6.49. The molecule has 0 amide bonds. The minimum atomic E-state index is -1.76. The van der Waals surface area contributed by atoms with Crippen molar-refractivity contribution >= 4 is 25.3 Å². The molecule has 1 heterocycles. The van der Waals surface area contributed by atoms with E-state index in [1.807, 2.05) is 13.3 Å². The third-order valence-electron chi connectivity index (χ3n) is 6.43. The zero-order valence-electron chi connectivity index (χ0n) is 21.4. The molecule has 0 aliphatic rings. The van der Waals surface area contributed by atoms with E-state index in [1.165, 1.54) is 53.7 Å². The second-order valence-corrected chi connectivity index (χ2v) is 13.6. The average Bonchev–Trinajstić information content (AvgIpc) is 2.78. The van der Waals surface area contributed by atoms with E-state index in [0.29, 0.717) is 6.61 Å². The first-order valence-electron chi connectivity index (χ1n) is 12.3. The van der Waals surface area contributed by atoms with Crippen LogP contribution in [0, 0.1) is 13.8 Å². The van der Waals surface area contributed by atoms with Crippen LogP contribution in [0.5, 0.6) is 5.88 Å². The summed E-state index contributed by atoms with van der Waals surface area (Å²) in [6.07, 6.45) is 5.53. The van der Waals surface area contributed by atoms with Crippen LogP contribution in [-0.2, 0) is 6.61 Å². The summed E-state index contributed by atoms with van der Waals surface area (Å²) in [5.74, 6) is 0.843. The molecule has 0 saturated heterocycles. The highest BCUT2D eigenvalue weighted by molar-refractivity contribution is 6.92. The molecule has 0 atom stereocenters. The smallest absolute Gasteiger partial charge is 0.213 e. The molecule has 32 heavy (non-hydrogen) atoms. The molecule has 1 aromatic heterocycles. The Labute approximate surface area is 197 Å². The van der Waals surface area contributed by atoms with Gasteiger partial charge >= 0.3 is 0 Å². The van der Waals surface area contributed by atoms with Crippen molar-refractivity contribution in [3.8, 4) is 5.88 Å². The molecule has 5 heteroatoms. The highest BCUT2D eigenvalue weighted by Crippen LogP contribution is 2.32. The topological polar surface area (TPSA) is 37.7 Å². The zero-order valence-corrected chi connectivity index (χ0v) is 22.4. The van der Waals surface area contributed by atoms with Crippen molar-refractivity contribution in [1.82, 2.24) is 9.88 Å². The first kappa shape index (κ1) is 26.1. The van der Waals surface area contributed by atoms with Crippen LogP contribution < -0.4 is 9.92 Å². The summed E-state index contributed by atoms with van der Waals surface area (Å²) >= 11 is 0. The Balaban J connectivity index is 2.57. The monoisotopic (exact) mass is 453 g/mol. The number of benzene rings is 1. The van der Waals surface area contributed by atoms with Gasteiger partial charge in [0.05, 0.1) is 25.8 Å². The minimum absolute atomic E-state index is 0.558. The number of pyridine rings is 1. The minimum Gasteiger partial charge on any atom is -0.473 e. The van der Waals surface area contributed by atoms with E-state index in [9.17, 15) is 0 Å². The van der Waals surface area contributed by atoms with E-state index in [2.05, 4.69) is 76.9 Å². The van der Waals surface area contributed by atoms with Gasteiger partial charge in [0, 0.05) is 18.8 Å². The number of hydrogen-bond donors (Lipinski definition) is 0. The van der Waals surface area contributed by atoms with Crippen molar-refractivity contribution in [2.24, 2.45) is 4.99 Å². The van der Waals surface area contributed by atoms with E-state index in [4.69, 9.17) is 14.7 Å². The Morgan fingerprint density at radius 1 is 1.00 bits per heavy atom. The molecule has 176 valence electrons. The average molecular weight is 454 g/mol.